The van der Waals surface area contributed by atoms with Crippen molar-refractivity contribution >= 4 is 12.0 Å². The molecule has 0 amide bonds. The third kappa shape index (κ3) is 4.29. The molecule has 0 atom stereocenters. The third-order valence-corrected chi connectivity index (χ3v) is 3.68. The highest BCUT2D eigenvalue weighted by Gasteiger charge is 2.34. The Balaban J connectivity index is 2.88. The molecule has 0 spiro atoms. The first kappa shape index (κ1) is 20.5. The van der Waals surface area contributed by atoms with E-state index in [1.807, 2.05) is 0 Å². The number of halogens is 6. The number of ether oxygens (including phenoxy) is 1. The lowest BCUT2D eigenvalue weighted by molar-refractivity contribution is -0.141. The van der Waals surface area contributed by atoms with E-state index in [2.05, 4.69) is 9.72 Å². The Hall–Kier alpha value is -2.84. The Morgan fingerprint density at radius 2 is 1.67 bits per heavy atom. The van der Waals surface area contributed by atoms with Gasteiger partial charge in [-0.05, 0) is 31.6 Å². The number of hydrogen-bond donors (Lipinski definition) is 0. The molecule has 0 aliphatic rings. The first-order chi connectivity index (χ1) is 12.5. The molecule has 2 aromatic rings. The molecule has 27 heavy (non-hydrogen) atoms. The van der Waals surface area contributed by atoms with Crippen LogP contribution in [0.4, 0.5) is 26.3 Å². The van der Waals surface area contributed by atoms with Gasteiger partial charge < -0.3 is 4.74 Å². The summed E-state index contributed by atoms with van der Waals surface area (Å²) in [5.41, 5.74) is -3.16. The first-order valence-electron chi connectivity index (χ1n) is 7.46. The monoisotopic (exact) mass is 389 g/mol. The summed E-state index contributed by atoms with van der Waals surface area (Å²) >= 11 is 0. The molecular weight excluding hydrogens is 376 g/mol. The van der Waals surface area contributed by atoms with E-state index < -0.39 is 46.4 Å². The Bertz CT molecular complexity index is 911. The topological polar surface area (TPSA) is 39.2 Å². The van der Waals surface area contributed by atoms with Crippen LogP contribution in [-0.2, 0) is 15.7 Å². The Kier molecular flexibility index (Phi) is 5.62. The molecule has 0 aliphatic carbocycles. The van der Waals surface area contributed by atoms with Crippen LogP contribution in [0.2, 0.25) is 0 Å². The Morgan fingerprint density at radius 3 is 2.15 bits per heavy atom. The van der Waals surface area contributed by atoms with Gasteiger partial charge >= 0.3 is 12.1 Å². The van der Waals surface area contributed by atoms with Crippen molar-refractivity contribution in [3.05, 3.63) is 58.2 Å². The van der Waals surface area contributed by atoms with E-state index in [-0.39, 0.29) is 16.8 Å². The summed E-state index contributed by atoms with van der Waals surface area (Å²) in [7, 11) is 1.09. The molecule has 0 radical (unpaired) electrons. The van der Waals surface area contributed by atoms with Crippen molar-refractivity contribution in [1.29, 1.82) is 0 Å². The van der Waals surface area contributed by atoms with E-state index in [0.717, 1.165) is 13.2 Å². The van der Waals surface area contributed by atoms with Gasteiger partial charge in [-0.1, -0.05) is 0 Å². The van der Waals surface area contributed by atoms with Gasteiger partial charge in [0.1, 0.15) is 23.1 Å². The fourth-order valence-electron chi connectivity index (χ4n) is 2.45. The minimum Gasteiger partial charge on any atom is -0.466 e. The van der Waals surface area contributed by atoms with Gasteiger partial charge in [0, 0.05) is 29.0 Å². The van der Waals surface area contributed by atoms with Gasteiger partial charge in [-0.15, -0.1) is 0 Å². The predicted octanol–water partition coefficient (Wildman–Crippen LogP) is 5.07. The SMILES string of the molecule is COC(=O)/C(C)=C/c1c(-c2c(F)cc(F)cc2F)cc(C(F)(F)F)nc1C. The van der Waals surface area contributed by atoms with Crippen molar-refractivity contribution < 1.29 is 35.9 Å². The molecule has 0 saturated heterocycles. The van der Waals surface area contributed by atoms with Gasteiger partial charge in [0.05, 0.1) is 12.7 Å². The average Bonchev–Trinajstić information content (AvgIpc) is 2.54. The van der Waals surface area contributed by atoms with Crippen LogP contribution in [0, 0.1) is 24.4 Å². The maximum Gasteiger partial charge on any atom is 0.433 e. The van der Waals surface area contributed by atoms with Crippen molar-refractivity contribution in [3.63, 3.8) is 0 Å². The number of nitrogens with zero attached hydrogens (tertiary/aromatic N) is 1. The summed E-state index contributed by atoms with van der Waals surface area (Å²) in [6, 6.07) is 1.15. The number of aromatic nitrogens is 1. The van der Waals surface area contributed by atoms with Crippen molar-refractivity contribution in [1.82, 2.24) is 4.98 Å². The molecule has 1 heterocycles. The van der Waals surface area contributed by atoms with E-state index >= 15 is 0 Å². The normalized spacial score (nSPS) is 12.3. The number of rotatable bonds is 3. The molecule has 0 aliphatic heterocycles. The molecule has 3 nitrogen and oxygen atoms in total. The fourth-order valence-corrected chi connectivity index (χ4v) is 2.45. The van der Waals surface area contributed by atoms with E-state index in [0.29, 0.717) is 18.2 Å². The molecule has 0 unspecified atom stereocenters. The minimum absolute atomic E-state index is 0.0358. The van der Waals surface area contributed by atoms with Crippen LogP contribution in [0.5, 0.6) is 0 Å². The minimum atomic E-state index is -4.88. The summed E-state index contributed by atoms with van der Waals surface area (Å²) in [5.74, 6) is -4.80. The maximum absolute atomic E-state index is 14.2. The molecule has 0 N–H and O–H groups in total. The summed E-state index contributed by atoms with van der Waals surface area (Å²) < 4.78 is 85.4. The van der Waals surface area contributed by atoms with Gasteiger partial charge in [0.2, 0.25) is 0 Å². The maximum atomic E-state index is 14.2. The summed E-state index contributed by atoms with van der Waals surface area (Å²) in [6.07, 6.45) is -3.78. The lowest BCUT2D eigenvalue weighted by Gasteiger charge is -2.15. The summed E-state index contributed by atoms with van der Waals surface area (Å²) in [4.78, 5) is 15.0. The van der Waals surface area contributed by atoms with Crippen molar-refractivity contribution in [3.8, 4) is 11.1 Å². The molecule has 0 saturated carbocycles. The number of methoxy groups -OCH3 is 1. The van der Waals surface area contributed by atoms with Crippen LogP contribution in [0.3, 0.4) is 0 Å². The number of carbonyl (C=O) groups is 1. The van der Waals surface area contributed by atoms with Crippen molar-refractivity contribution in [2.24, 2.45) is 0 Å². The van der Waals surface area contributed by atoms with Gasteiger partial charge in [-0.25, -0.2) is 22.9 Å². The molecule has 1 aromatic heterocycles. The largest absolute Gasteiger partial charge is 0.466 e. The highest BCUT2D eigenvalue weighted by atomic mass is 19.4. The highest BCUT2D eigenvalue weighted by molar-refractivity contribution is 5.94. The zero-order valence-electron chi connectivity index (χ0n) is 14.3. The van der Waals surface area contributed by atoms with Crippen LogP contribution >= 0.6 is 0 Å². The number of benzene rings is 1. The third-order valence-electron chi connectivity index (χ3n) is 3.68. The smallest absolute Gasteiger partial charge is 0.433 e. The van der Waals surface area contributed by atoms with Crippen LogP contribution in [0.25, 0.3) is 17.2 Å². The molecule has 0 bridgehead atoms. The van der Waals surface area contributed by atoms with E-state index in [9.17, 15) is 31.1 Å². The standard InChI is InChI=1S/C18H13F6NO2/c1-8(17(26)27-3)4-11-9(2)25-15(18(22,23)24)7-12(11)16-13(20)5-10(19)6-14(16)21/h4-7H,1-3H3/b8-4+. The number of esters is 1. The summed E-state index contributed by atoms with van der Waals surface area (Å²) in [6.45, 7) is 2.50. The van der Waals surface area contributed by atoms with Gasteiger partial charge in [-0.3, -0.25) is 0 Å². The summed E-state index contributed by atoms with van der Waals surface area (Å²) in [5, 5.41) is 0. The van der Waals surface area contributed by atoms with Crippen LogP contribution in [0.15, 0.2) is 23.8 Å². The van der Waals surface area contributed by atoms with Crippen molar-refractivity contribution in [2.45, 2.75) is 20.0 Å². The van der Waals surface area contributed by atoms with Gasteiger partial charge in [0.25, 0.3) is 0 Å². The second-order valence-corrected chi connectivity index (χ2v) is 5.62. The first-order valence-corrected chi connectivity index (χ1v) is 7.46. The van der Waals surface area contributed by atoms with E-state index in [1.54, 1.807) is 0 Å². The highest BCUT2D eigenvalue weighted by Crippen LogP contribution is 2.37. The number of carbonyl (C=O) groups excluding carboxylic acids is 1. The zero-order valence-corrected chi connectivity index (χ0v) is 14.3. The quantitative estimate of drug-likeness (QED) is 0.418. The molecular formula is C18H13F6NO2. The van der Waals surface area contributed by atoms with E-state index in [4.69, 9.17) is 0 Å². The zero-order chi connectivity index (χ0) is 20.5. The van der Waals surface area contributed by atoms with Crippen LogP contribution in [-0.4, -0.2) is 18.1 Å². The lowest BCUT2D eigenvalue weighted by Crippen LogP contribution is -2.11. The average molecular weight is 389 g/mol. The number of aryl methyl sites for hydroxylation is 1. The fraction of sp³-hybridized carbons (Fsp3) is 0.222. The van der Waals surface area contributed by atoms with E-state index in [1.165, 1.54) is 13.8 Å². The second-order valence-electron chi connectivity index (χ2n) is 5.62. The number of pyridine rings is 1. The number of hydrogen-bond acceptors (Lipinski definition) is 3. The van der Waals surface area contributed by atoms with Crippen LogP contribution < -0.4 is 0 Å². The predicted molar refractivity (Wildman–Crippen MR) is 85.0 cm³/mol. The molecule has 2 rings (SSSR count). The second kappa shape index (κ2) is 7.42. The van der Waals surface area contributed by atoms with Gasteiger partial charge in [-0.2, -0.15) is 13.2 Å². The molecule has 0 fully saturated rings. The molecule has 1 aromatic carbocycles. The Morgan fingerprint density at radius 1 is 1.11 bits per heavy atom. The number of alkyl halides is 3. The molecule has 144 valence electrons. The van der Waals surface area contributed by atoms with Crippen LogP contribution in [0.1, 0.15) is 23.9 Å². The Labute approximate surface area is 150 Å². The lowest BCUT2D eigenvalue weighted by atomic mass is 9.95. The molecule has 9 heteroatoms. The van der Waals surface area contributed by atoms with Gasteiger partial charge in [0.15, 0.2) is 0 Å². The van der Waals surface area contributed by atoms with Crippen molar-refractivity contribution in [2.75, 3.05) is 7.11 Å².